The third-order valence-electron chi connectivity index (χ3n) is 1.88. The van der Waals surface area contributed by atoms with Crippen molar-refractivity contribution < 1.29 is 18.8 Å². The van der Waals surface area contributed by atoms with Crippen LogP contribution in [0.25, 0.3) is 0 Å². The largest absolute Gasteiger partial charge is 0.517 e. The van der Waals surface area contributed by atoms with E-state index in [1.54, 1.807) is 0 Å². The Hall–Kier alpha value is -1.36. The molecule has 0 aliphatic heterocycles. The molecule has 0 radical (unpaired) electrons. The van der Waals surface area contributed by atoms with E-state index in [4.69, 9.17) is 9.16 Å². The van der Waals surface area contributed by atoms with Crippen molar-refractivity contribution in [1.29, 1.82) is 0 Å². The molecule has 0 unspecified atom stereocenters. The topological polar surface area (TPSA) is 52.6 Å². The second kappa shape index (κ2) is 7.00. The molecule has 0 amide bonds. The Kier molecular flexibility index (Phi) is 6.40. The first-order valence-electron chi connectivity index (χ1n) is 5.06. The molecule has 0 aromatic carbocycles. The Morgan fingerprint density at radius 2 is 1.75 bits per heavy atom. The second-order valence-electron chi connectivity index (χ2n) is 3.86. The molecular formula is C11H18O4Si. The number of rotatable bonds is 7. The predicted molar refractivity (Wildman–Crippen MR) is 64.4 cm³/mol. The summed E-state index contributed by atoms with van der Waals surface area (Å²) < 4.78 is 10.1. The molecule has 0 saturated carbocycles. The van der Waals surface area contributed by atoms with Crippen molar-refractivity contribution in [1.82, 2.24) is 0 Å². The van der Waals surface area contributed by atoms with E-state index in [1.165, 1.54) is 0 Å². The van der Waals surface area contributed by atoms with Gasteiger partial charge >= 0.3 is 11.9 Å². The van der Waals surface area contributed by atoms with Crippen molar-refractivity contribution in [2.45, 2.75) is 25.6 Å². The molecule has 5 heteroatoms. The summed E-state index contributed by atoms with van der Waals surface area (Å²) in [5.41, 5.74) is 0. The van der Waals surface area contributed by atoms with Gasteiger partial charge in [0.1, 0.15) is 0 Å². The molecule has 0 heterocycles. The summed E-state index contributed by atoms with van der Waals surface area (Å²) in [5.74, 6) is -0.817. The molecule has 0 aliphatic rings. The summed E-state index contributed by atoms with van der Waals surface area (Å²) in [4.78, 5) is 21.7. The van der Waals surface area contributed by atoms with Gasteiger partial charge in [-0.3, -0.25) is 0 Å². The van der Waals surface area contributed by atoms with Gasteiger partial charge in [-0.1, -0.05) is 13.2 Å². The maximum atomic E-state index is 11.0. The van der Waals surface area contributed by atoms with E-state index in [-0.39, 0.29) is 5.97 Å². The zero-order valence-electron chi connectivity index (χ0n) is 9.82. The molecule has 0 N–H and O–H groups in total. The summed E-state index contributed by atoms with van der Waals surface area (Å²) in [7, 11) is -2.01. The minimum Gasteiger partial charge on any atom is -0.517 e. The lowest BCUT2D eigenvalue weighted by molar-refractivity contribution is -0.138. The van der Waals surface area contributed by atoms with Crippen LogP contribution in [0.15, 0.2) is 25.3 Å². The lowest BCUT2D eigenvalue weighted by Crippen LogP contribution is -2.32. The highest BCUT2D eigenvalue weighted by Crippen LogP contribution is 2.14. The smallest absolute Gasteiger partial charge is 0.330 e. The summed E-state index contributed by atoms with van der Waals surface area (Å²) in [6, 6.07) is 0.747. The standard InChI is InChI=1S/C11H18O4Si/c1-5-10(12)14-8-7-9-16(3,4)15-11(13)6-2/h5-6H,1-2,7-9H2,3-4H3. The van der Waals surface area contributed by atoms with E-state index in [0.29, 0.717) is 13.0 Å². The molecule has 0 saturated heterocycles. The molecule has 0 aromatic rings. The molecule has 0 fully saturated rings. The highest BCUT2D eigenvalue weighted by Gasteiger charge is 2.25. The fraction of sp³-hybridized carbons (Fsp3) is 0.455. The molecular weight excluding hydrogens is 224 g/mol. The van der Waals surface area contributed by atoms with Gasteiger partial charge in [0.25, 0.3) is 0 Å². The van der Waals surface area contributed by atoms with Gasteiger partial charge in [-0.05, 0) is 25.6 Å². The lowest BCUT2D eigenvalue weighted by Gasteiger charge is -2.21. The quantitative estimate of drug-likeness (QED) is 0.297. The van der Waals surface area contributed by atoms with Crippen LogP contribution in [0.1, 0.15) is 6.42 Å². The fourth-order valence-corrected chi connectivity index (χ4v) is 2.82. The Balaban J connectivity index is 3.81. The molecule has 0 aliphatic carbocycles. The fourth-order valence-electron chi connectivity index (χ4n) is 1.09. The number of hydrogen-bond acceptors (Lipinski definition) is 4. The van der Waals surface area contributed by atoms with E-state index in [0.717, 1.165) is 18.2 Å². The van der Waals surface area contributed by atoms with Gasteiger partial charge in [0, 0.05) is 12.2 Å². The molecule has 0 spiro atoms. The van der Waals surface area contributed by atoms with Gasteiger partial charge in [-0.2, -0.15) is 0 Å². The van der Waals surface area contributed by atoms with Gasteiger partial charge in [-0.25, -0.2) is 9.59 Å². The first-order valence-corrected chi connectivity index (χ1v) is 8.17. The summed E-state index contributed by atoms with van der Waals surface area (Å²) in [6.45, 7) is 10.8. The van der Waals surface area contributed by atoms with Crippen LogP contribution in [0.5, 0.6) is 0 Å². The second-order valence-corrected chi connectivity index (χ2v) is 8.08. The Morgan fingerprint density at radius 3 is 2.25 bits per heavy atom. The SMILES string of the molecule is C=CC(=O)OCCC[Si](C)(C)OC(=O)C=C. The molecule has 0 aromatic heterocycles. The van der Waals surface area contributed by atoms with Gasteiger partial charge in [0.15, 0.2) is 0 Å². The van der Waals surface area contributed by atoms with Crippen LogP contribution in [-0.4, -0.2) is 26.9 Å². The molecule has 0 atom stereocenters. The minimum absolute atomic E-state index is 0.326. The molecule has 0 rings (SSSR count). The monoisotopic (exact) mass is 242 g/mol. The van der Waals surface area contributed by atoms with Crippen LogP contribution in [0.3, 0.4) is 0 Å². The number of carbonyl (C=O) groups excluding carboxylic acids is 2. The third-order valence-corrected chi connectivity index (χ3v) is 4.19. The van der Waals surface area contributed by atoms with Crippen LogP contribution in [0.4, 0.5) is 0 Å². The van der Waals surface area contributed by atoms with Gasteiger partial charge in [-0.15, -0.1) is 0 Å². The van der Waals surface area contributed by atoms with Crippen molar-refractivity contribution in [3.8, 4) is 0 Å². The zero-order chi connectivity index (χ0) is 12.6. The van der Waals surface area contributed by atoms with E-state index in [2.05, 4.69) is 13.2 Å². The van der Waals surface area contributed by atoms with E-state index < -0.39 is 14.3 Å². The molecule has 4 nitrogen and oxygen atoms in total. The summed E-state index contributed by atoms with van der Waals surface area (Å²) in [5, 5.41) is 0. The number of carbonyl (C=O) groups is 2. The van der Waals surface area contributed by atoms with Crippen LogP contribution in [0, 0.1) is 0 Å². The molecule has 90 valence electrons. The Bertz CT molecular complexity index is 284. The minimum atomic E-state index is -2.01. The van der Waals surface area contributed by atoms with Crippen molar-refractivity contribution in [3.63, 3.8) is 0 Å². The van der Waals surface area contributed by atoms with E-state index >= 15 is 0 Å². The Morgan fingerprint density at radius 1 is 1.19 bits per heavy atom. The first kappa shape index (κ1) is 14.6. The average molecular weight is 242 g/mol. The zero-order valence-corrected chi connectivity index (χ0v) is 10.8. The number of esters is 1. The van der Waals surface area contributed by atoms with Crippen molar-refractivity contribution in [2.75, 3.05) is 6.61 Å². The van der Waals surface area contributed by atoms with Crippen LogP contribution in [-0.2, 0) is 18.8 Å². The number of ether oxygens (including phenoxy) is 1. The lowest BCUT2D eigenvalue weighted by atomic mass is 10.5. The van der Waals surface area contributed by atoms with Crippen molar-refractivity contribution in [2.24, 2.45) is 0 Å². The average Bonchev–Trinajstić information content (AvgIpc) is 2.23. The van der Waals surface area contributed by atoms with Gasteiger partial charge < -0.3 is 9.16 Å². The number of hydrogen-bond donors (Lipinski definition) is 0. The normalized spacial score (nSPS) is 10.4. The van der Waals surface area contributed by atoms with Crippen LogP contribution in [0.2, 0.25) is 19.1 Å². The van der Waals surface area contributed by atoms with Gasteiger partial charge in [0.2, 0.25) is 8.32 Å². The van der Waals surface area contributed by atoms with Crippen molar-refractivity contribution >= 4 is 20.3 Å². The Labute approximate surface area is 97.1 Å². The first-order chi connectivity index (χ1) is 7.41. The van der Waals surface area contributed by atoms with Gasteiger partial charge in [0.05, 0.1) is 6.61 Å². The third kappa shape index (κ3) is 7.00. The molecule has 0 bridgehead atoms. The maximum Gasteiger partial charge on any atom is 0.330 e. The van der Waals surface area contributed by atoms with Crippen molar-refractivity contribution in [3.05, 3.63) is 25.3 Å². The highest BCUT2D eigenvalue weighted by molar-refractivity contribution is 6.72. The van der Waals surface area contributed by atoms with Crippen LogP contribution < -0.4 is 0 Å². The van der Waals surface area contributed by atoms with E-state index in [9.17, 15) is 9.59 Å². The summed E-state index contributed by atoms with van der Waals surface area (Å²) >= 11 is 0. The van der Waals surface area contributed by atoms with Crippen LogP contribution >= 0.6 is 0 Å². The summed E-state index contributed by atoms with van der Waals surface area (Å²) in [6.07, 6.45) is 2.97. The predicted octanol–water partition coefficient (Wildman–Crippen LogP) is 2.04. The van der Waals surface area contributed by atoms with E-state index in [1.807, 2.05) is 13.1 Å². The molecule has 16 heavy (non-hydrogen) atoms. The maximum absolute atomic E-state index is 11.0. The highest BCUT2D eigenvalue weighted by atomic mass is 28.4.